The summed E-state index contributed by atoms with van der Waals surface area (Å²) in [6.07, 6.45) is 0.159. The van der Waals surface area contributed by atoms with Crippen molar-refractivity contribution in [2.45, 2.75) is 25.8 Å². The molecule has 0 aliphatic carbocycles. The van der Waals surface area contributed by atoms with Gasteiger partial charge in [-0.3, -0.25) is 14.5 Å². The third kappa shape index (κ3) is 3.45. The number of hydrogen-bond donors (Lipinski definition) is 1. The number of benzene rings is 1. The van der Waals surface area contributed by atoms with E-state index in [1.165, 1.54) is 30.0 Å². The zero-order chi connectivity index (χ0) is 18.6. The summed E-state index contributed by atoms with van der Waals surface area (Å²) < 4.78 is 14.1. The van der Waals surface area contributed by atoms with Crippen molar-refractivity contribution in [3.63, 3.8) is 0 Å². The van der Waals surface area contributed by atoms with Gasteiger partial charge in [0, 0.05) is 18.7 Å². The molecule has 1 atom stereocenters. The molecule has 0 saturated carbocycles. The molecule has 2 rings (SSSR count). The summed E-state index contributed by atoms with van der Waals surface area (Å²) in [5.41, 5.74) is -1.52. The van der Waals surface area contributed by atoms with E-state index in [0.29, 0.717) is 6.54 Å². The molecule has 132 valence electrons. The lowest BCUT2D eigenvalue weighted by molar-refractivity contribution is -0.138. The van der Waals surface area contributed by atoms with Crippen LogP contribution in [0.25, 0.3) is 0 Å². The second kappa shape index (κ2) is 7.30. The van der Waals surface area contributed by atoms with E-state index in [0.717, 1.165) is 4.90 Å². The molecule has 0 radical (unpaired) electrons. The van der Waals surface area contributed by atoms with E-state index in [-0.39, 0.29) is 18.5 Å². The van der Waals surface area contributed by atoms with Crippen molar-refractivity contribution in [3.05, 3.63) is 35.6 Å². The minimum absolute atomic E-state index is 0.0418. The number of nitrogens with zero attached hydrogens (tertiary/aromatic N) is 3. The van der Waals surface area contributed by atoms with Crippen LogP contribution in [0.15, 0.2) is 24.3 Å². The van der Waals surface area contributed by atoms with Crippen LogP contribution in [0.2, 0.25) is 0 Å². The van der Waals surface area contributed by atoms with Gasteiger partial charge >= 0.3 is 6.03 Å². The molecular weight excluding hydrogens is 327 g/mol. The molecule has 25 heavy (non-hydrogen) atoms. The van der Waals surface area contributed by atoms with E-state index >= 15 is 0 Å². The van der Waals surface area contributed by atoms with Gasteiger partial charge in [0.1, 0.15) is 17.9 Å². The molecule has 1 aromatic carbocycles. The van der Waals surface area contributed by atoms with E-state index in [1.807, 2.05) is 6.07 Å². The third-order valence-corrected chi connectivity index (χ3v) is 4.21. The minimum Gasteiger partial charge on any atom is -0.340 e. The fraction of sp³-hybridized carbons (Fsp3) is 0.412. The van der Waals surface area contributed by atoms with Crippen molar-refractivity contribution in [1.29, 1.82) is 5.26 Å². The molecule has 1 N–H and O–H groups in total. The van der Waals surface area contributed by atoms with Crippen LogP contribution in [0, 0.1) is 17.1 Å². The molecule has 1 aromatic rings. The summed E-state index contributed by atoms with van der Waals surface area (Å²) in [6, 6.07) is 6.87. The summed E-state index contributed by atoms with van der Waals surface area (Å²) in [5, 5.41) is 11.1. The average molecular weight is 346 g/mol. The fourth-order valence-electron chi connectivity index (χ4n) is 2.77. The summed E-state index contributed by atoms with van der Waals surface area (Å²) in [6.45, 7) is 3.27. The predicted molar refractivity (Wildman–Crippen MR) is 86.5 cm³/mol. The van der Waals surface area contributed by atoms with Crippen molar-refractivity contribution >= 4 is 17.8 Å². The van der Waals surface area contributed by atoms with Gasteiger partial charge in [-0.2, -0.15) is 5.26 Å². The molecule has 0 aromatic heterocycles. The molecule has 1 aliphatic rings. The summed E-state index contributed by atoms with van der Waals surface area (Å²) in [5.74, 6) is -1.75. The first-order valence-electron chi connectivity index (χ1n) is 7.89. The molecule has 1 fully saturated rings. The number of amides is 4. The molecule has 1 heterocycles. The number of imide groups is 1. The van der Waals surface area contributed by atoms with E-state index in [1.54, 1.807) is 13.0 Å². The maximum Gasteiger partial charge on any atom is 0.325 e. The zero-order valence-electron chi connectivity index (χ0n) is 14.1. The SMILES string of the molecule is CCN(CCC#N)C(=O)CN1C(=O)N[C@](C)(c2ccccc2F)C1=O. The number of carbonyl (C=O) groups is 3. The van der Waals surface area contributed by atoms with Crippen molar-refractivity contribution < 1.29 is 18.8 Å². The van der Waals surface area contributed by atoms with Gasteiger partial charge in [-0.05, 0) is 19.9 Å². The number of carbonyl (C=O) groups excluding carboxylic acids is 3. The first kappa shape index (κ1) is 18.4. The molecule has 8 heteroatoms. The highest BCUT2D eigenvalue weighted by molar-refractivity contribution is 6.09. The fourth-order valence-corrected chi connectivity index (χ4v) is 2.77. The molecule has 0 unspecified atom stereocenters. The van der Waals surface area contributed by atoms with Gasteiger partial charge in [-0.1, -0.05) is 18.2 Å². The Hall–Kier alpha value is -2.95. The molecule has 0 bridgehead atoms. The van der Waals surface area contributed by atoms with Gasteiger partial charge in [0.15, 0.2) is 0 Å². The number of likely N-dealkylation sites (N-methyl/N-ethyl adjacent to an activating group) is 1. The Labute approximate surface area is 145 Å². The van der Waals surface area contributed by atoms with Crippen LogP contribution in [-0.4, -0.2) is 47.3 Å². The van der Waals surface area contributed by atoms with Crippen molar-refractivity contribution in [1.82, 2.24) is 15.1 Å². The number of hydrogen-bond acceptors (Lipinski definition) is 4. The van der Waals surface area contributed by atoms with E-state index < -0.39 is 35.7 Å². The lowest BCUT2D eigenvalue weighted by Gasteiger charge is -2.24. The van der Waals surface area contributed by atoms with Crippen LogP contribution in [0.5, 0.6) is 0 Å². The highest BCUT2D eigenvalue weighted by atomic mass is 19.1. The van der Waals surface area contributed by atoms with Gasteiger partial charge in [0.05, 0.1) is 12.5 Å². The predicted octanol–water partition coefficient (Wildman–Crippen LogP) is 1.35. The lowest BCUT2D eigenvalue weighted by Crippen LogP contribution is -2.45. The molecule has 1 saturated heterocycles. The summed E-state index contributed by atoms with van der Waals surface area (Å²) >= 11 is 0. The second-order valence-corrected chi connectivity index (χ2v) is 5.81. The van der Waals surface area contributed by atoms with Crippen LogP contribution in [0.4, 0.5) is 9.18 Å². The number of nitriles is 1. The first-order chi connectivity index (χ1) is 11.8. The standard InChI is InChI=1S/C17H19FN4O3/c1-3-21(10-6-9-19)14(23)11-22-15(24)17(2,20-16(22)25)12-7-4-5-8-13(12)18/h4-5,7-8H,3,6,10-11H2,1-2H3,(H,20,25)/t17-/m1/s1. The van der Waals surface area contributed by atoms with E-state index in [2.05, 4.69) is 5.32 Å². The summed E-state index contributed by atoms with van der Waals surface area (Å²) in [4.78, 5) is 39.4. The maximum atomic E-state index is 14.1. The Kier molecular flexibility index (Phi) is 5.37. The smallest absolute Gasteiger partial charge is 0.325 e. The largest absolute Gasteiger partial charge is 0.340 e. The maximum absolute atomic E-state index is 14.1. The topological polar surface area (TPSA) is 93.5 Å². The summed E-state index contributed by atoms with van der Waals surface area (Å²) in [7, 11) is 0. The quantitative estimate of drug-likeness (QED) is 0.787. The Morgan fingerprint density at radius 1 is 1.40 bits per heavy atom. The number of urea groups is 1. The molecule has 4 amide bonds. The van der Waals surface area contributed by atoms with E-state index in [9.17, 15) is 18.8 Å². The van der Waals surface area contributed by atoms with Crippen LogP contribution < -0.4 is 5.32 Å². The monoisotopic (exact) mass is 346 g/mol. The van der Waals surface area contributed by atoms with Crippen molar-refractivity contribution in [3.8, 4) is 6.07 Å². The number of halogens is 1. The van der Waals surface area contributed by atoms with Crippen LogP contribution in [-0.2, 0) is 15.1 Å². The Morgan fingerprint density at radius 3 is 2.68 bits per heavy atom. The average Bonchev–Trinajstić information content (AvgIpc) is 2.80. The Balaban J connectivity index is 2.20. The Morgan fingerprint density at radius 2 is 2.08 bits per heavy atom. The minimum atomic E-state index is -1.56. The molecular formula is C17H19FN4O3. The highest BCUT2D eigenvalue weighted by Crippen LogP contribution is 2.30. The molecule has 1 aliphatic heterocycles. The lowest BCUT2D eigenvalue weighted by atomic mass is 9.91. The van der Waals surface area contributed by atoms with Gasteiger partial charge in [0.2, 0.25) is 5.91 Å². The van der Waals surface area contributed by atoms with Crippen molar-refractivity contribution in [2.75, 3.05) is 19.6 Å². The van der Waals surface area contributed by atoms with Crippen LogP contribution in [0.3, 0.4) is 0 Å². The second-order valence-electron chi connectivity index (χ2n) is 5.81. The van der Waals surface area contributed by atoms with Crippen molar-refractivity contribution in [2.24, 2.45) is 0 Å². The zero-order valence-corrected chi connectivity index (χ0v) is 14.1. The molecule has 0 spiro atoms. The normalized spacial score (nSPS) is 19.5. The van der Waals surface area contributed by atoms with Gasteiger partial charge < -0.3 is 10.2 Å². The third-order valence-electron chi connectivity index (χ3n) is 4.21. The number of nitrogens with one attached hydrogen (secondary N) is 1. The van der Waals surface area contributed by atoms with Gasteiger partial charge in [-0.15, -0.1) is 0 Å². The highest BCUT2D eigenvalue weighted by Gasteiger charge is 2.50. The molecule has 7 nitrogen and oxygen atoms in total. The van der Waals surface area contributed by atoms with Crippen LogP contribution in [0.1, 0.15) is 25.8 Å². The van der Waals surface area contributed by atoms with Gasteiger partial charge in [-0.25, -0.2) is 9.18 Å². The first-order valence-corrected chi connectivity index (χ1v) is 7.89. The Bertz CT molecular complexity index is 746. The van der Waals surface area contributed by atoms with Crippen LogP contribution >= 0.6 is 0 Å². The number of rotatable bonds is 6. The van der Waals surface area contributed by atoms with Gasteiger partial charge in [0.25, 0.3) is 5.91 Å². The van der Waals surface area contributed by atoms with E-state index in [4.69, 9.17) is 5.26 Å².